The van der Waals surface area contributed by atoms with Gasteiger partial charge in [0.25, 0.3) is 0 Å². The molecule has 4 nitrogen and oxygen atoms in total. The molecule has 16 heavy (non-hydrogen) atoms. The summed E-state index contributed by atoms with van der Waals surface area (Å²) >= 11 is 0. The summed E-state index contributed by atoms with van der Waals surface area (Å²) in [6.07, 6.45) is 0.545. The summed E-state index contributed by atoms with van der Waals surface area (Å²) in [5.74, 6) is -1.65. The fourth-order valence-electron chi connectivity index (χ4n) is 2.00. The van der Waals surface area contributed by atoms with Crippen LogP contribution in [0.2, 0.25) is 0 Å². The highest BCUT2D eigenvalue weighted by Gasteiger charge is 2.31. The van der Waals surface area contributed by atoms with Gasteiger partial charge in [0.05, 0.1) is 12.0 Å². The first-order valence-electron chi connectivity index (χ1n) is 5.24. The number of aliphatic carboxylic acids is 1. The number of benzene rings is 1. The van der Waals surface area contributed by atoms with Gasteiger partial charge in [0.1, 0.15) is 0 Å². The SMILES string of the molecule is O=C1C[C@H](C(=O)O)C[C@H](c2ccccc2)N1. The second kappa shape index (κ2) is 4.35. The van der Waals surface area contributed by atoms with Gasteiger partial charge in [-0.25, -0.2) is 0 Å². The summed E-state index contributed by atoms with van der Waals surface area (Å²) < 4.78 is 0. The molecule has 0 spiro atoms. The summed E-state index contributed by atoms with van der Waals surface area (Å²) in [7, 11) is 0. The zero-order valence-electron chi connectivity index (χ0n) is 8.72. The van der Waals surface area contributed by atoms with E-state index in [1.807, 2.05) is 30.3 Å². The van der Waals surface area contributed by atoms with E-state index in [-0.39, 0.29) is 18.4 Å². The van der Waals surface area contributed by atoms with Gasteiger partial charge >= 0.3 is 5.97 Å². The highest BCUT2D eigenvalue weighted by atomic mass is 16.4. The van der Waals surface area contributed by atoms with Gasteiger partial charge < -0.3 is 10.4 Å². The molecule has 84 valence electrons. The summed E-state index contributed by atoms with van der Waals surface area (Å²) in [5.41, 5.74) is 0.960. The first-order chi connectivity index (χ1) is 7.66. The van der Waals surface area contributed by atoms with E-state index < -0.39 is 11.9 Å². The van der Waals surface area contributed by atoms with E-state index >= 15 is 0 Å². The Morgan fingerprint density at radius 1 is 1.31 bits per heavy atom. The van der Waals surface area contributed by atoms with Crippen LogP contribution in [0, 0.1) is 5.92 Å². The summed E-state index contributed by atoms with van der Waals surface area (Å²) in [6, 6.07) is 9.27. The van der Waals surface area contributed by atoms with E-state index in [0.717, 1.165) is 5.56 Å². The van der Waals surface area contributed by atoms with Crippen molar-refractivity contribution in [3.8, 4) is 0 Å². The van der Waals surface area contributed by atoms with Crippen molar-refractivity contribution in [3.63, 3.8) is 0 Å². The zero-order valence-corrected chi connectivity index (χ0v) is 8.72. The molecule has 2 rings (SSSR count). The third kappa shape index (κ3) is 2.21. The number of piperidine rings is 1. The molecule has 4 heteroatoms. The molecule has 1 aliphatic heterocycles. The molecule has 0 saturated carbocycles. The van der Waals surface area contributed by atoms with Gasteiger partial charge in [0.15, 0.2) is 0 Å². The van der Waals surface area contributed by atoms with Crippen LogP contribution in [0.1, 0.15) is 24.4 Å². The van der Waals surface area contributed by atoms with E-state index in [0.29, 0.717) is 6.42 Å². The maximum Gasteiger partial charge on any atom is 0.307 e. The molecule has 1 aromatic carbocycles. The second-order valence-corrected chi connectivity index (χ2v) is 4.01. The lowest BCUT2D eigenvalue weighted by Crippen LogP contribution is -2.39. The Labute approximate surface area is 93.3 Å². The molecule has 1 aliphatic rings. The van der Waals surface area contributed by atoms with Crippen LogP contribution in [-0.2, 0) is 9.59 Å². The number of rotatable bonds is 2. The molecule has 1 fully saturated rings. The van der Waals surface area contributed by atoms with E-state index in [1.54, 1.807) is 0 Å². The molecule has 0 unspecified atom stereocenters. The second-order valence-electron chi connectivity index (χ2n) is 4.01. The van der Waals surface area contributed by atoms with E-state index in [2.05, 4.69) is 5.32 Å². The Bertz CT molecular complexity index is 402. The number of hydrogen-bond donors (Lipinski definition) is 2. The first-order valence-corrected chi connectivity index (χ1v) is 5.24. The van der Waals surface area contributed by atoms with Gasteiger partial charge in [-0.3, -0.25) is 9.59 Å². The van der Waals surface area contributed by atoms with Crippen molar-refractivity contribution in [2.24, 2.45) is 5.92 Å². The smallest absolute Gasteiger partial charge is 0.307 e. The van der Waals surface area contributed by atoms with Crippen molar-refractivity contribution in [1.82, 2.24) is 5.32 Å². The maximum atomic E-state index is 11.4. The largest absolute Gasteiger partial charge is 0.481 e. The van der Waals surface area contributed by atoms with Gasteiger partial charge in [0.2, 0.25) is 5.91 Å². The molecule has 1 amide bonds. The molecule has 0 aromatic heterocycles. The number of hydrogen-bond acceptors (Lipinski definition) is 2. The Balaban J connectivity index is 2.17. The number of carbonyl (C=O) groups is 2. The van der Waals surface area contributed by atoms with Crippen molar-refractivity contribution in [3.05, 3.63) is 35.9 Å². The quantitative estimate of drug-likeness (QED) is 0.788. The molecule has 2 N–H and O–H groups in total. The average Bonchev–Trinajstić information content (AvgIpc) is 2.29. The fourth-order valence-corrected chi connectivity index (χ4v) is 2.00. The molecule has 1 saturated heterocycles. The Morgan fingerprint density at radius 2 is 2.00 bits per heavy atom. The molecule has 0 bridgehead atoms. The molecule has 1 aromatic rings. The van der Waals surface area contributed by atoms with E-state index in [1.165, 1.54) is 0 Å². The fraction of sp³-hybridized carbons (Fsp3) is 0.333. The van der Waals surface area contributed by atoms with E-state index in [9.17, 15) is 9.59 Å². The van der Waals surface area contributed by atoms with Crippen LogP contribution in [0.4, 0.5) is 0 Å². The van der Waals surface area contributed by atoms with E-state index in [4.69, 9.17) is 5.11 Å². The highest BCUT2D eigenvalue weighted by molar-refractivity contribution is 5.84. The average molecular weight is 219 g/mol. The standard InChI is InChI=1S/C12H13NO3/c14-11-7-9(12(15)16)6-10(13-11)8-4-2-1-3-5-8/h1-5,9-10H,6-7H2,(H,13,14)(H,15,16)/t9-,10-/m1/s1. The number of nitrogens with one attached hydrogen (secondary N) is 1. The summed E-state index contributed by atoms with van der Waals surface area (Å²) in [6.45, 7) is 0. The van der Waals surface area contributed by atoms with Gasteiger partial charge in [-0.1, -0.05) is 30.3 Å². The Morgan fingerprint density at radius 3 is 2.62 bits per heavy atom. The lowest BCUT2D eigenvalue weighted by atomic mass is 9.88. The van der Waals surface area contributed by atoms with Crippen molar-refractivity contribution < 1.29 is 14.7 Å². The third-order valence-corrected chi connectivity index (χ3v) is 2.84. The highest BCUT2D eigenvalue weighted by Crippen LogP contribution is 2.27. The van der Waals surface area contributed by atoms with Crippen molar-refractivity contribution in [2.75, 3.05) is 0 Å². The van der Waals surface area contributed by atoms with Crippen LogP contribution in [0.15, 0.2) is 30.3 Å². The topological polar surface area (TPSA) is 66.4 Å². The summed E-state index contributed by atoms with van der Waals surface area (Å²) in [5, 5.41) is 11.8. The third-order valence-electron chi connectivity index (χ3n) is 2.84. The normalized spacial score (nSPS) is 24.9. The Kier molecular flexibility index (Phi) is 2.90. The number of carboxylic acid groups (broad SMARTS) is 1. The predicted molar refractivity (Wildman–Crippen MR) is 57.7 cm³/mol. The van der Waals surface area contributed by atoms with Crippen LogP contribution in [0.25, 0.3) is 0 Å². The molecule has 2 atom stereocenters. The minimum atomic E-state index is -0.893. The van der Waals surface area contributed by atoms with Crippen LogP contribution < -0.4 is 5.32 Å². The first kappa shape index (κ1) is 10.7. The predicted octanol–water partition coefficient (Wildman–Crippen LogP) is 1.34. The van der Waals surface area contributed by atoms with Gasteiger partial charge in [-0.2, -0.15) is 0 Å². The van der Waals surface area contributed by atoms with Crippen LogP contribution >= 0.6 is 0 Å². The van der Waals surface area contributed by atoms with Crippen LogP contribution in [0.5, 0.6) is 0 Å². The molecule has 0 aliphatic carbocycles. The van der Waals surface area contributed by atoms with Crippen molar-refractivity contribution >= 4 is 11.9 Å². The molecular formula is C12H13NO3. The van der Waals surface area contributed by atoms with Gasteiger partial charge in [-0.15, -0.1) is 0 Å². The monoisotopic (exact) mass is 219 g/mol. The van der Waals surface area contributed by atoms with Crippen molar-refractivity contribution in [2.45, 2.75) is 18.9 Å². The molecule has 1 heterocycles. The van der Waals surface area contributed by atoms with Gasteiger partial charge in [0, 0.05) is 6.42 Å². The van der Waals surface area contributed by atoms with Gasteiger partial charge in [-0.05, 0) is 12.0 Å². The zero-order chi connectivity index (χ0) is 11.5. The van der Waals surface area contributed by atoms with Crippen LogP contribution in [-0.4, -0.2) is 17.0 Å². The number of carbonyl (C=O) groups excluding carboxylic acids is 1. The number of carboxylic acids is 1. The Hall–Kier alpha value is -1.84. The minimum absolute atomic E-state index is 0.0820. The molecule has 0 radical (unpaired) electrons. The lowest BCUT2D eigenvalue weighted by molar-refractivity contribution is -0.146. The maximum absolute atomic E-state index is 11.4. The molecular weight excluding hydrogens is 206 g/mol. The minimum Gasteiger partial charge on any atom is -0.481 e. The van der Waals surface area contributed by atoms with Crippen molar-refractivity contribution in [1.29, 1.82) is 0 Å². The number of amides is 1. The summed E-state index contributed by atoms with van der Waals surface area (Å²) in [4.78, 5) is 22.3. The van der Waals surface area contributed by atoms with Crippen LogP contribution in [0.3, 0.4) is 0 Å². The lowest BCUT2D eigenvalue weighted by Gasteiger charge is -2.27.